The standard InChI is InChI=1S/C15H16INO7/c1-8-13(14(23-9(2)18)12(7-16)22-8)24-15(19)10-3-5-11(6-4-10)17(20)21/h3-6,8,12-14H,7H2,1-2H3/t8-,12+,13-,14+/m0/s1. The molecular weight excluding hydrogens is 433 g/mol. The number of hydrogen-bond donors (Lipinski definition) is 0. The zero-order valence-electron chi connectivity index (χ0n) is 13.0. The maximum atomic E-state index is 12.3. The molecule has 0 aliphatic carbocycles. The Kier molecular flexibility index (Phi) is 6.10. The highest BCUT2D eigenvalue weighted by molar-refractivity contribution is 14.1. The number of halogens is 1. The molecule has 0 amide bonds. The van der Waals surface area contributed by atoms with Crippen LogP contribution in [0.3, 0.4) is 0 Å². The van der Waals surface area contributed by atoms with E-state index in [0.717, 1.165) is 0 Å². The summed E-state index contributed by atoms with van der Waals surface area (Å²) in [6.45, 7) is 3.01. The average Bonchev–Trinajstić information content (AvgIpc) is 2.82. The molecule has 8 nitrogen and oxygen atoms in total. The number of nitro benzene ring substituents is 1. The SMILES string of the molecule is CC(=O)O[C@H]1[C@@H](OC(=O)c2ccc([N+](=O)[O-])cc2)[C@H](C)O[C@@H]1CI. The number of ether oxygens (including phenoxy) is 3. The van der Waals surface area contributed by atoms with Crippen LogP contribution in [0.25, 0.3) is 0 Å². The van der Waals surface area contributed by atoms with Crippen LogP contribution in [-0.4, -0.2) is 45.7 Å². The number of non-ortho nitro benzene ring substituents is 1. The summed E-state index contributed by atoms with van der Waals surface area (Å²) in [6.07, 6.45) is -2.22. The van der Waals surface area contributed by atoms with Crippen LogP contribution in [0.4, 0.5) is 5.69 Å². The highest BCUT2D eigenvalue weighted by atomic mass is 127. The van der Waals surface area contributed by atoms with Crippen LogP contribution in [0.2, 0.25) is 0 Å². The van der Waals surface area contributed by atoms with Gasteiger partial charge in [0.15, 0.2) is 12.2 Å². The van der Waals surface area contributed by atoms with Gasteiger partial charge in [0.25, 0.3) is 5.69 Å². The Morgan fingerprint density at radius 2 is 1.88 bits per heavy atom. The first-order chi connectivity index (χ1) is 11.3. The molecule has 24 heavy (non-hydrogen) atoms. The van der Waals surface area contributed by atoms with Crippen LogP contribution in [0, 0.1) is 10.1 Å². The van der Waals surface area contributed by atoms with Crippen LogP contribution in [0.5, 0.6) is 0 Å². The van der Waals surface area contributed by atoms with Crippen LogP contribution in [0.15, 0.2) is 24.3 Å². The predicted molar refractivity (Wildman–Crippen MR) is 91.1 cm³/mol. The summed E-state index contributed by atoms with van der Waals surface area (Å²) in [5.41, 5.74) is 0.0548. The van der Waals surface area contributed by atoms with Gasteiger partial charge < -0.3 is 14.2 Å². The van der Waals surface area contributed by atoms with Crippen molar-refractivity contribution in [3.63, 3.8) is 0 Å². The molecule has 0 spiro atoms. The minimum Gasteiger partial charge on any atom is -0.456 e. The summed E-state index contributed by atoms with van der Waals surface area (Å²) in [5, 5.41) is 10.6. The molecule has 4 atom stereocenters. The number of carbonyl (C=O) groups is 2. The molecular formula is C15H16INO7. The van der Waals surface area contributed by atoms with E-state index in [2.05, 4.69) is 22.6 Å². The third-order valence-electron chi connectivity index (χ3n) is 3.55. The largest absolute Gasteiger partial charge is 0.456 e. The van der Waals surface area contributed by atoms with E-state index in [0.29, 0.717) is 4.43 Å². The molecule has 0 unspecified atom stereocenters. The fourth-order valence-corrected chi connectivity index (χ4v) is 3.15. The monoisotopic (exact) mass is 449 g/mol. The molecule has 1 heterocycles. The van der Waals surface area contributed by atoms with Gasteiger partial charge in [-0.05, 0) is 19.1 Å². The zero-order chi connectivity index (χ0) is 17.9. The molecule has 0 radical (unpaired) electrons. The molecule has 1 saturated heterocycles. The lowest BCUT2D eigenvalue weighted by Crippen LogP contribution is -2.40. The maximum absolute atomic E-state index is 12.3. The van der Waals surface area contributed by atoms with Gasteiger partial charge in [-0.1, -0.05) is 22.6 Å². The summed E-state index contributed by atoms with van der Waals surface area (Å²) >= 11 is 2.11. The molecule has 1 aliphatic heterocycles. The van der Waals surface area contributed by atoms with Gasteiger partial charge in [-0.25, -0.2) is 4.79 Å². The van der Waals surface area contributed by atoms with E-state index in [4.69, 9.17) is 14.2 Å². The average molecular weight is 449 g/mol. The molecule has 9 heteroatoms. The molecule has 0 bridgehead atoms. The Labute approximate surface area is 151 Å². The van der Waals surface area contributed by atoms with E-state index in [9.17, 15) is 19.7 Å². The van der Waals surface area contributed by atoms with Gasteiger partial charge in [0.05, 0.1) is 16.6 Å². The Balaban J connectivity index is 2.13. The van der Waals surface area contributed by atoms with E-state index >= 15 is 0 Å². The van der Waals surface area contributed by atoms with E-state index in [1.807, 2.05) is 0 Å². The summed E-state index contributed by atoms with van der Waals surface area (Å²) < 4.78 is 16.9. The predicted octanol–water partition coefficient (Wildman–Crippen LogP) is 2.27. The minimum absolute atomic E-state index is 0.119. The van der Waals surface area contributed by atoms with Gasteiger partial charge in [-0.3, -0.25) is 14.9 Å². The van der Waals surface area contributed by atoms with Crippen LogP contribution < -0.4 is 0 Å². The van der Waals surface area contributed by atoms with E-state index < -0.39 is 35.2 Å². The minimum atomic E-state index is -0.739. The summed E-state index contributed by atoms with van der Waals surface area (Å²) in [4.78, 5) is 33.6. The number of alkyl halides is 1. The van der Waals surface area contributed by atoms with Crippen LogP contribution >= 0.6 is 22.6 Å². The van der Waals surface area contributed by atoms with Crippen molar-refractivity contribution in [2.24, 2.45) is 0 Å². The van der Waals surface area contributed by atoms with E-state index in [1.54, 1.807) is 6.92 Å². The first-order valence-electron chi connectivity index (χ1n) is 7.17. The van der Waals surface area contributed by atoms with Crippen molar-refractivity contribution in [1.82, 2.24) is 0 Å². The van der Waals surface area contributed by atoms with Crippen molar-refractivity contribution in [3.8, 4) is 0 Å². The van der Waals surface area contributed by atoms with Crippen molar-refractivity contribution in [2.45, 2.75) is 38.3 Å². The van der Waals surface area contributed by atoms with E-state index in [1.165, 1.54) is 31.2 Å². The Bertz CT molecular complexity index is 633. The second-order valence-corrected chi connectivity index (χ2v) is 6.16. The van der Waals surface area contributed by atoms with Crippen molar-refractivity contribution in [3.05, 3.63) is 39.9 Å². The maximum Gasteiger partial charge on any atom is 0.338 e. The summed E-state index contributed by atoms with van der Waals surface area (Å²) in [6, 6.07) is 5.08. The highest BCUT2D eigenvalue weighted by Gasteiger charge is 2.46. The quantitative estimate of drug-likeness (QED) is 0.223. The number of carbonyl (C=O) groups excluding carboxylic acids is 2. The van der Waals surface area contributed by atoms with Gasteiger partial charge in [0.1, 0.15) is 6.10 Å². The normalized spacial score (nSPS) is 26.0. The van der Waals surface area contributed by atoms with Gasteiger partial charge in [-0.2, -0.15) is 0 Å². The molecule has 1 aromatic carbocycles. The second-order valence-electron chi connectivity index (χ2n) is 5.28. The first kappa shape index (κ1) is 18.6. The third kappa shape index (κ3) is 4.20. The van der Waals surface area contributed by atoms with E-state index in [-0.39, 0.29) is 17.4 Å². The number of esters is 2. The van der Waals surface area contributed by atoms with Gasteiger partial charge in [0, 0.05) is 23.5 Å². The molecule has 1 aromatic rings. The number of nitro groups is 1. The second kappa shape index (κ2) is 7.88. The molecule has 0 saturated carbocycles. The van der Waals surface area contributed by atoms with Crippen LogP contribution in [-0.2, 0) is 19.0 Å². The van der Waals surface area contributed by atoms with Crippen LogP contribution in [0.1, 0.15) is 24.2 Å². The molecule has 0 aromatic heterocycles. The van der Waals surface area contributed by atoms with Crippen molar-refractivity contribution >= 4 is 40.2 Å². The lowest BCUT2D eigenvalue weighted by molar-refractivity contribution is -0.384. The van der Waals surface area contributed by atoms with Gasteiger partial charge >= 0.3 is 11.9 Å². The first-order valence-corrected chi connectivity index (χ1v) is 8.70. The Hall–Kier alpha value is -1.75. The lowest BCUT2D eigenvalue weighted by atomic mass is 10.1. The Morgan fingerprint density at radius 3 is 2.38 bits per heavy atom. The smallest absolute Gasteiger partial charge is 0.338 e. The summed E-state index contributed by atoms with van der Waals surface area (Å²) in [7, 11) is 0. The molecule has 0 N–H and O–H groups in total. The lowest BCUT2D eigenvalue weighted by Gasteiger charge is -2.22. The highest BCUT2D eigenvalue weighted by Crippen LogP contribution is 2.29. The number of benzene rings is 1. The number of nitrogens with zero attached hydrogens (tertiary/aromatic N) is 1. The molecule has 1 fully saturated rings. The Morgan fingerprint density at radius 1 is 1.25 bits per heavy atom. The summed E-state index contributed by atoms with van der Waals surface area (Å²) in [5.74, 6) is -1.14. The molecule has 1 aliphatic rings. The van der Waals surface area contributed by atoms with Crippen molar-refractivity contribution in [2.75, 3.05) is 4.43 Å². The van der Waals surface area contributed by atoms with Crippen molar-refractivity contribution < 1.29 is 28.7 Å². The van der Waals surface area contributed by atoms with Crippen molar-refractivity contribution in [1.29, 1.82) is 0 Å². The molecule has 130 valence electrons. The third-order valence-corrected chi connectivity index (χ3v) is 4.42. The fourth-order valence-electron chi connectivity index (χ4n) is 2.44. The zero-order valence-corrected chi connectivity index (χ0v) is 15.2. The fraction of sp³-hybridized carbons (Fsp3) is 0.467. The van der Waals surface area contributed by atoms with Gasteiger partial charge in [-0.15, -0.1) is 0 Å². The topological polar surface area (TPSA) is 105 Å². The number of hydrogen-bond acceptors (Lipinski definition) is 7. The number of rotatable bonds is 5. The molecule has 2 rings (SSSR count). The van der Waals surface area contributed by atoms with Gasteiger partial charge in [0.2, 0.25) is 0 Å².